The second-order valence-corrected chi connectivity index (χ2v) is 21.4. The number of hydrogen-bond donors (Lipinski definition) is 0. The van der Waals surface area contributed by atoms with Crippen LogP contribution in [0.2, 0.25) is 0 Å². The predicted octanol–water partition coefficient (Wildman–Crippen LogP) is 18.0. The molecule has 0 aromatic heterocycles. The van der Waals surface area contributed by atoms with Crippen molar-refractivity contribution < 1.29 is 0 Å². The van der Waals surface area contributed by atoms with Gasteiger partial charge in [-0.3, -0.25) is 0 Å². The molecule has 290 valence electrons. The van der Waals surface area contributed by atoms with Crippen LogP contribution in [0.3, 0.4) is 0 Å². The Morgan fingerprint density at radius 3 is 0.672 bits per heavy atom. The molecule has 0 atom stereocenters. The fourth-order valence-electron chi connectivity index (χ4n) is 7.98. The lowest BCUT2D eigenvalue weighted by molar-refractivity contribution is 1.16. The maximum absolute atomic E-state index is 2.38. The van der Waals surface area contributed by atoms with Crippen molar-refractivity contribution in [3.8, 4) is 33.4 Å². The van der Waals surface area contributed by atoms with Gasteiger partial charge in [0.2, 0.25) is 0 Å². The molecule has 0 aliphatic carbocycles. The summed E-state index contributed by atoms with van der Waals surface area (Å²) in [4.78, 5) is 18.2. The lowest BCUT2D eigenvalue weighted by atomic mass is 10.0. The Hall–Kier alpha value is -5.12. The molecule has 9 aromatic carbocycles. The van der Waals surface area contributed by atoms with E-state index in [-0.39, 0.29) is 0 Å². The van der Waals surface area contributed by atoms with Gasteiger partial charge in [0, 0.05) is 75.8 Å². The first-order valence-corrected chi connectivity index (χ1v) is 24.9. The second-order valence-electron chi connectivity index (χ2n) is 14.9. The Morgan fingerprint density at radius 2 is 0.410 bits per heavy atom. The number of nitrogens with zero attached hydrogens (tertiary/aromatic N) is 1. The van der Waals surface area contributed by atoms with Gasteiger partial charge in [-0.1, -0.05) is 162 Å². The van der Waals surface area contributed by atoms with Gasteiger partial charge >= 0.3 is 0 Å². The van der Waals surface area contributed by atoms with E-state index in [1.807, 2.05) is 70.6 Å². The zero-order valence-corrected chi connectivity index (χ0v) is 37.3. The molecule has 3 aliphatic heterocycles. The molecule has 0 spiro atoms. The molecule has 0 saturated carbocycles. The molecule has 9 aromatic rings. The van der Waals surface area contributed by atoms with Crippen LogP contribution in [-0.4, -0.2) is 0 Å². The van der Waals surface area contributed by atoms with E-state index in [0.717, 1.165) is 17.1 Å². The van der Waals surface area contributed by atoms with Gasteiger partial charge in [-0.25, -0.2) is 0 Å². The molecule has 0 bridgehead atoms. The monoisotopic (exact) mass is 887 g/mol. The Labute approximate surface area is 381 Å². The topological polar surface area (TPSA) is 3.24 Å². The van der Waals surface area contributed by atoms with Crippen LogP contribution >= 0.6 is 70.6 Å². The van der Waals surface area contributed by atoms with E-state index >= 15 is 0 Å². The summed E-state index contributed by atoms with van der Waals surface area (Å²) in [6, 6.07) is 73.9. The lowest BCUT2D eigenvalue weighted by Crippen LogP contribution is -2.09. The Balaban J connectivity index is 0.865. The van der Waals surface area contributed by atoms with E-state index in [4.69, 9.17) is 0 Å². The zero-order valence-electron chi connectivity index (χ0n) is 32.4. The molecule has 0 N–H and O–H groups in total. The van der Waals surface area contributed by atoms with Crippen LogP contribution in [0, 0.1) is 0 Å². The molecule has 1 nitrogen and oxygen atoms in total. The van der Waals surface area contributed by atoms with Crippen molar-refractivity contribution in [1.29, 1.82) is 0 Å². The summed E-state index contributed by atoms with van der Waals surface area (Å²) in [5.41, 5.74) is 10.7. The lowest BCUT2D eigenvalue weighted by Gasteiger charge is -2.26. The molecular formula is C54H33NS6. The average molecular weight is 888 g/mol. The van der Waals surface area contributed by atoms with Crippen LogP contribution in [0.5, 0.6) is 0 Å². The maximum Gasteiger partial charge on any atom is 0.0462 e. The molecule has 0 radical (unpaired) electrons. The van der Waals surface area contributed by atoms with Gasteiger partial charge in [-0.2, -0.15) is 0 Å². The first-order chi connectivity index (χ1) is 30.1. The van der Waals surface area contributed by atoms with E-state index in [0.29, 0.717) is 0 Å². The largest absolute Gasteiger partial charge is 0.311 e. The van der Waals surface area contributed by atoms with Crippen molar-refractivity contribution >= 4 is 87.6 Å². The summed E-state index contributed by atoms with van der Waals surface area (Å²) in [6.45, 7) is 0. The molecule has 12 rings (SSSR count). The molecule has 7 heteroatoms. The molecule has 3 heterocycles. The van der Waals surface area contributed by atoms with Crippen molar-refractivity contribution in [2.75, 3.05) is 4.90 Å². The number of rotatable bonds is 6. The van der Waals surface area contributed by atoms with Crippen LogP contribution in [0.1, 0.15) is 0 Å². The maximum atomic E-state index is 2.38. The van der Waals surface area contributed by atoms with Crippen LogP contribution in [0.4, 0.5) is 17.1 Å². The van der Waals surface area contributed by atoms with Gasteiger partial charge in [0.05, 0.1) is 0 Å². The minimum absolute atomic E-state index is 1.11. The van der Waals surface area contributed by atoms with E-state index in [9.17, 15) is 0 Å². The number of hydrogen-bond acceptors (Lipinski definition) is 7. The Bertz CT molecular complexity index is 2800. The average Bonchev–Trinajstić information content (AvgIpc) is 3.32. The summed E-state index contributed by atoms with van der Waals surface area (Å²) >= 11 is 11.2. The van der Waals surface area contributed by atoms with Crippen molar-refractivity contribution in [2.45, 2.75) is 58.7 Å². The Kier molecular flexibility index (Phi) is 9.85. The van der Waals surface area contributed by atoms with Crippen molar-refractivity contribution in [1.82, 2.24) is 0 Å². The first kappa shape index (κ1) is 37.6. The van der Waals surface area contributed by atoms with Crippen LogP contribution in [0.25, 0.3) is 33.4 Å². The number of benzene rings is 9. The highest BCUT2D eigenvalue weighted by Gasteiger charge is 2.21. The number of fused-ring (bicyclic) bond motifs is 6. The van der Waals surface area contributed by atoms with Gasteiger partial charge in [-0.05, 0) is 143 Å². The highest BCUT2D eigenvalue weighted by atomic mass is 32.2. The smallest absolute Gasteiger partial charge is 0.0462 e. The van der Waals surface area contributed by atoms with E-state index < -0.39 is 0 Å². The minimum atomic E-state index is 1.11. The third-order valence-electron chi connectivity index (χ3n) is 11.1. The standard InChI is InChI=1S/C54H33NS6/c1-4-10-46-43(7-1)56-49-28-19-37(31-52(49)59-46)34-13-22-40(23-14-34)55(41-24-15-35(16-25-41)38-20-29-50-53(32-38)60-47-11-5-2-8-44(47)57-50)42-26-17-36(18-27-42)39-21-30-51-54(33-39)61-48-12-6-3-9-45(48)58-51/h1-33H. The molecule has 0 unspecified atom stereocenters. The van der Waals surface area contributed by atoms with Gasteiger partial charge in [0.15, 0.2) is 0 Å². The second kappa shape index (κ2) is 16.0. The minimum Gasteiger partial charge on any atom is -0.311 e. The SMILES string of the molecule is c1ccc2c(c1)Sc1ccc(-c3ccc(N(c4ccc(-c5ccc6c(c5)Sc5ccccc5S6)cc4)c4ccc(-c5ccc6c(c5)Sc5ccccc5S6)cc4)cc3)cc1S2. The third-order valence-corrected chi connectivity index (χ3v) is 18.7. The van der Waals surface area contributed by atoms with Crippen molar-refractivity contribution in [2.24, 2.45) is 0 Å². The van der Waals surface area contributed by atoms with Crippen LogP contribution in [-0.2, 0) is 0 Å². The summed E-state index contributed by atoms with van der Waals surface area (Å²) in [5.74, 6) is 0. The molecule has 0 amide bonds. The van der Waals surface area contributed by atoms with E-state index in [1.54, 1.807) is 0 Å². The Morgan fingerprint density at radius 1 is 0.197 bits per heavy atom. The molecule has 61 heavy (non-hydrogen) atoms. The highest BCUT2D eigenvalue weighted by Crippen LogP contribution is 2.52. The highest BCUT2D eigenvalue weighted by molar-refractivity contribution is 8.06. The van der Waals surface area contributed by atoms with Gasteiger partial charge in [-0.15, -0.1) is 0 Å². The molecule has 3 aliphatic rings. The quantitative estimate of drug-likeness (QED) is 0.162. The van der Waals surface area contributed by atoms with E-state index in [1.165, 1.54) is 92.1 Å². The van der Waals surface area contributed by atoms with Crippen molar-refractivity contribution in [3.63, 3.8) is 0 Å². The fraction of sp³-hybridized carbons (Fsp3) is 0. The fourth-order valence-corrected chi connectivity index (χ4v) is 14.7. The molecule has 0 saturated heterocycles. The van der Waals surface area contributed by atoms with Crippen LogP contribution < -0.4 is 4.90 Å². The van der Waals surface area contributed by atoms with Gasteiger partial charge < -0.3 is 4.90 Å². The first-order valence-electron chi connectivity index (χ1n) is 20.0. The summed E-state index contributed by atoms with van der Waals surface area (Å²) in [7, 11) is 0. The summed E-state index contributed by atoms with van der Waals surface area (Å²) in [6.07, 6.45) is 0. The predicted molar refractivity (Wildman–Crippen MR) is 261 cm³/mol. The molecule has 0 fully saturated rings. The van der Waals surface area contributed by atoms with Crippen LogP contribution in [0.15, 0.2) is 259 Å². The number of anilines is 3. The third kappa shape index (κ3) is 7.31. The van der Waals surface area contributed by atoms with Gasteiger partial charge in [0.25, 0.3) is 0 Å². The van der Waals surface area contributed by atoms with Gasteiger partial charge in [0.1, 0.15) is 0 Å². The molecular weight excluding hydrogens is 855 g/mol. The van der Waals surface area contributed by atoms with E-state index in [2.05, 4.69) is 205 Å². The zero-order chi connectivity index (χ0) is 40.3. The normalized spacial score (nSPS) is 13.2. The summed E-state index contributed by atoms with van der Waals surface area (Å²) < 4.78 is 0. The van der Waals surface area contributed by atoms with Crippen molar-refractivity contribution in [3.05, 3.63) is 200 Å². The summed E-state index contributed by atoms with van der Waals surface area (Å²) in [5, 5.41) is 0.